The van der Waals surface area contributed by atoms with Gasteiger partial charge in [-0.15, -0.1) is 0 Å². The second-order valence-electron chi connectivity index (χ2n) is 6.31. The third-order valence-electron chi connectivity index (χ3n) is 3.72. The number of hydrogen-bond acceptors (Lipinski definition) is 3. The standard InChI is InChI=1S/C19H21N3OS/c1-12(2)22-6-5-15(11-22)10-17-18(23)21-19(24-17)20-16-8-13(3)7-14(4)9-16/h5-12H,1-4H3,(H,20,21,23)/b17-10+. The first-order valence-corrected chi connectivity index (χ1v) is 8.78. The Labute approximate surface area is 146 Å². The van der Waals surface area contributed by atoms with E-state index in [4.69, 9.17) is 0 Å². The predicted octanol–water partition coefficient (Wildman–Crippen LogP) is 4.58. The van der Waals surface area contributed by atoms with E-state index in [0.717, 1.165) is 22.4 Å². The number of nitrogens with zero attached hydrogens (tertiary/aromatic N) is 2. The molecule has 1 saturated heterocycles. The molecule has 1 aromatic carbocycles. The maximum absolute atomic E-state index is 12.2. The van der Waals surface area contributed by atoms with E-state index < -0.39 is 0 Å². The van der Waals surface area contributed by atoms with Crippen LogP contribution in [0.3, 0.4) is 0 Å². The minimum atomic E-state index is -0.0968. The summed E-state index contributed by atoms with van der Waals surface area (Å²) in [5.74, 6) is -0.0968. The summed E-state index contributed by atoms with van der Waals surface area (Å²) in [4.78, 5) is 17.4. The van der Waals surface area contributed by atoms with Gasteiger partial charge >= 0.3 is 0 Å². The lowest BCUT2D eigenvalue weighted by Gasteiger charge is -2.04. The molecule has 3 rings (SSSR count). The van der Waals surface area contributed by atoms with Gasteiger partial charge in [0.05, 0.1) is 10.6 Å². The number of carbonyl (C=O) groups is 1. The maximum atomic E-state index is 12.2. The van der Waals surface area contributed by atoms with Gasteiger partial charge in [-0.1, -0.05) is 6.07 Å². The van der Waals surface area contributed by atoms with Gasteiger partial charge in [0, 0.05) is 18.4 Å². The van der Waals surface area contributed by atoms with Crippen molar-refractivity contribution in [2.75, 3.05) is 0 Å². The van der Waals surface area contributed by atoms with Crippen LogP contribution < -0.4 is 5.32 Å². The quantitative estimate of drug-likeness (QED) is 0.832. The van der Waals surface area contributed by atoms with Gasteiger partial charge in [0.25, 0.3) is 5.91 Å². The lowest BCUT2D eigenvalue weighted by atomic mass is 10.1. The second-order valence-corrected chi connectivity index (χ2v) is 7.34. The topological polar surface area (TPSA) is 46.4 Å². The summed E-state index contributed by atoms with van der Waals surface area (Å²) in [6, 6.07) is 8.55. The number of nitrogens with one attached hydrogen (secondary N) is 1. The zero-order valence-electron chi connectivity index (χ0n) is 14.3. The van der Waals surface area contributed by atoms with E-state index in [1.165, 1.54) is 11.8 Å². The molecule has 2 heterocycles. The Kier molecular flexibility index (Phi) is 4.62. The Morgan fingerprint density at radius 1 is 1.21 bits per heavy atom. The molecule has 24 heavy (non-hydrogen) atoms. The molecule has 124 valence electrons. The summed E-state index contributed by atoms with van der Waals surface area (Å²) < 4.78 is 2.12. The van der Waals surface area contributed by atoms with Crippen molar-refractivity contribution in [3.63, 3.8) is 0 Å². The zero-order chi connectivity index (χ0) is 17.3. The van der Waals surface area contributed by atoms with Crippen molar-refractivity contribution in [1.82, 2.24) is 9.88 Å². The summed E-state index contributed by atoms with van der Waals surface area (Å²) in [6.07, 6.45) is 5.98. The molecule has 5 heteroatoms. The predicted molar refractivity (Wildman–Crippen MR) is 102 cm³/mol. The third kappa shape index (κ3) is 3.79. The van der Waals surface area contributed by atoms with E-state index >= 15 is 0 Å². The van der Waals surface area contributed by atoms with Gasteiger partial charge in [-0.3, -0.25) is 4.79 Å². The molecule has 2 aromatic rings. The van der Waals surface area contributed by atoms with E-state index in [1.807, 2.05) is 50.5 Å². The van der Waals surface area contributed by atoms with Gasteiger partial charge in [-0.05, 0) is 80.4 Å². The molecule has 1 fully saturated rings. The Morgan fingerprint density at radius 2 is 1.92 bits per heavy atom. The van der Waals surface area contributed by atoms with E-state index in [9.17, 15) is 4.79 Å². The van der Waals surface area contributed by atoms with Crippen molar-refractivity contribution >= 4 is 34.6 Å². The largest absolute Gasteiger partial charge is 0.351 e. The number of amidine groups is 1. The monoisotopic (exact) mass is 339 g/mol. The highest BCUT2D eigenvalue weighted by Gasteiger charge is 2.23. The number of benzene rings is 1. The third-order valence-corrected chi connectivity index (χ3v) is 4.63. The number of amides is 1. The van der Waals surface area contributed by atoms with Crippen molar-refractivity contribution in [1.29, 1.82) is 0 Å². The highest BCUT2D eigenvalue weighted by atomic mass is 32.2. The van der Waals surface area contributed by atoms with Crippen LogP contribution in [0.15, 0.2) is 46.6 Å². The van der Waals surface area contributed by atoms with Gasteiger partial charge < -0.3 is 9.88 Å². The van der Waals surface area contributed by atoms with Crippen LogP contribution >= 0.6 is 11.8 Å². The summed E-state index contributed by atoms with van der Waals surface area (Å²) >= 11 is 1.38. The van der Waals surface area contributed by atoms with Gasteiger partial charge in [-0.2, -0.15) is 0 Å². The highest BCUT2D eigenvalue weighted by Crippen LogP contribution is 2.28. The Morgan fingerprint density at radius 3 is 2.54 bits per heavy atom. The van der Waals surface area contributed by atoms with Gasteiger partial charge in [-0.25, -0.2) is 4.99 Å². The number of aromatic nitrogens is 1. The molecule has 4 nitrogen and oxygen atoms in total. The first-order chi connectivity index (χ1) is 11.4. The molecule has 0 spiro atoms. The molecular weight excluding hydrogens is 318 g/mol. The highest BCUT2D eigenvalue weighted by molar-refractivity contribution is 8.18. The average Bonchev–Trinajstić information content (AvgIpc) is 3.06. The molecule has 0 atom stereocenters. The minimum Gasteiger partial charge on any atom is -0.351 e. The van der Waals surface area contributed by atoms with Crippen LogP contribution in [0, 0.1) is 13.8 Å². The first-order valence-electron chi connectivity index (χ1n) is 7.96. The van der Waals surface area contributed by atoms with Crippen molar-refractivity contribution in [2.24, 2.45) is 4.99 Å². The number of thioether (sulfide) groups is 1. The van der Waals surface area contributed by atoms with Gasteiger partial charge in [0.15, 0.2) is 5.17 Å². The van der Waals surface area contributed by atoms with Crippen molar-refractivity contribution < 1.29 is 4.79 Å². The molecule has 1 N–H and O–H groups in total. The molecule has 0 unspecified atom stereocenters. The first kappa shape index (κ1) is 16.6. The van der Waals surface area contributed by atoms with Crippen molar-refractivity contribution in [3.05, 3.63) is 58.3 Å². The summed E-state index contributed by atoms with van der Waals surface area (Å²) in [5.41, 5.74) is 4.21. The summed E-state index contributed by atoms with van der Waals surface area (Å²) in [6.45, 7) is 8.34. The number of rotatable bonds is 3. The summed E-state index contributed by atoms with van der Waals surface area (Å²) in [7, 11) is 0. The molecular formula is C19H21N3OS. The minimum absolute atomic E-state index is 0.0968. The molecule has 0 aliphatic carbocycles. The van der Waals surface area contributed by atoms with Crippen LogP contribution in [0.5, 0.6) is 0 Å². The Hall–Kier alpha value is -2.27. The lowest BCUT2D eigenvalue weighted by molar-refractivity contribution is -0.115. The molecule has 1 aliphatic rings. The van der Waals surface area contributed by atoms with Crippen LogP contribution in [-0.4, -0.2) is 15.6 Å². The van der Waals surface area contributed by atoms with E-state index in [1.54, 1.807) is 0 Å². The molecule has 0 bridgehead atoms. The smallest absolute Gasteiger partial charge is 0.264 e. The molecule has 0 saturated carbocycles. The van der Waals surface area contributed by atoms with Crippen molar-refractivity contribution in [2.45, 2.75) is 33.7 Å². The molecule has 1 aromatic heterocycles. The maximum Gasteiger partial charge on any atom is 0.264 e. The van der Waals surface area contributed by atoms with Crippen LogP contribution in [0.25, 0.3) is 6.08 Å². The number of hydrogen-bond donors (Lipinski definition) is 1. The van der Waals surface area contributed by atoms with Crippen LogP contribution in [0.4, 0.5) is 5.69 Å². The van der Waals surface area contributed by atoms with Gasteiger partial charge in [0.2, 0.25) is 0 Å². The summed E-state index contributed by atoms with van der Waals surface area (Å²) in [5, 5.41) is 3.46. The molecule has 1 amide bonds. The van der Waals surface area contributed by atoms with Crippen LogP contribution in [0.1, 0.15) is 36.6 Å². The average molecular weight is 339 g/mol. The Balaban J connectivity index is 1.82. The zero-order valence-corrected chi connectivity index (χ0v) is 15.1. The number of aryl methyl sites for hydroxylation is 2. The fraction of sp³-hybridized carbons (Fsp3) is 0.263. The van der Waals surface area contributed by atoms with E-state index in [2.05, 4.69) is 34.8 Å². The van der Waals surface area contributed by atoms with Crippen molar-refractivity contribution in [3.8, 4) is 0 Å². The lowest BCUT2D eigenvalue weighted by Crippen LogP contribution is -2.19. The normalized spacial score (nSPS) is 18.0. The van der Waals surface area contributed by atoms with E-state index in [0.29, 0.717) is 16.1 Å². The van der Waals surface area contributed by atoms with Crippen LogP contribution in [-0.2, 0) is 4.79 Å². The SMILES string of the molecule is Cc1cc(C)cc(N=C2NC(=O)/C(=C\c3ccn(C(C)C)c3)S2)c1. The van der Waals surface area contributed by atoms with Gasteiger partial charge in [0.1, 0.15) is 0 Å². The number of aliphatic imine (C=N–C) groups is 1. The van der Waals surface area contributed by atoms with Crippen LogP contribution in [0.2, 0.25) is 0 Å². The second kappa shape index (κ2) is 6.69. The number of carbonyl (C=O) groups excluding carboxylic acids is 1. The molecule has 1 aliphatic heterocycles. The molecule has 0 radical (unpaired) electrons. The fourth-order valence-corrected chi connectivity index (χ4v) is 3.44. The fourth-order valence-electron chi connectivity index (χ4n) is 2.60. The van der Waals surface area contributed by atoms with E-state index in [-0.39, 0.29) is 5.91 Å². The Bertz CT molecular complexity index is 826.